The second kappa shape index (κ2) is 12.0. The summed E-state index contributed by atoms with van der Waals surface area (Å²) in [4.78, 5) is 33.6. The Morgan fingerprint density at radius 1 is 0.955 bits per heavy atom. The van der Waals surface area contributed by atoms with E-state index in [0.717, 1.165) is 41.2 Å². The maximum Gasteiger partial charge on any atom is 0.209 e. The molecule has 224 valence electrons. The first kappa shape index (κ1) is 29.2. The number of rotatable bonds is 11. The second-order valence-corrected chi connectivity index (χ2v) is 12.5. The van der Waals surface area contributed by atoms with E-state index in [0.29, 0.717) is 57.7 Å². The van der Waals surface area contributed by atoms with Crippen molar-refractivity contribution < 1.29 is 17.6 Å². The van der Waals surface area contributed by atoms with Crippen LogP contribution in [-0.2, 0) is 27.8 Å². The van der Waals surface area contributed by atoms with E-state index < -0.39 is 15.8 Å². The molecule has 6 rings (SSSR count). The van der Waals surface area contributed by atoms with E-state index in [1.165, 1.54) is 12.1 Å². The van der Waals surface area contributed by atoms with Gasteiger partial charge in [0.2, 0.25) is 10.0 Å². The van der Waals surface area contributed by atoms with Crippen LogP contribution in [0.3, 0.4) is 0 Å². The summed E-state index contributed by atoms with van der Waals surface area (Å²) in [5, 5.41) is 8.10. The van der Waals surface area contributed by atoms with Gasteiger partial charge >= 0.3 is 0 Å². The van der Waals surface area contributed by atoms with Crippen LogP contribution >= 0.6 is 0 Å². The molecule has 0 bridgehead atoms. The van der Waals surface area contributed by atoms with E-state index in [-0.39, 0.29) is 12.3 Å². The standard InChI is InChI=1S/C31H29FN8O3S/c1-3-4-5-24(41)9-19-7-21(14-33-12-19)22-11-25-29(39-40-30(25)35-15-22)31-37-27-17-34-16-26(28(27)38-31)20-6-18(8-23(32)10-20)13-36-44(2,42)43/h6-8,10-12,14-17,36H,3-5,9,13H2,1-2H3,(H,37,38)(H,35,39,40). The van der Waals surface area contributed by atoms with Crippen molar-refractivity contribution in [2.45, 2.75) is 39.2 Å². The minimum atomic E-state index is -3.45. The van der Waals surface area contributed by atoms with Gasteiger partial charge in [0.1, 0.15) is 17.3 Å². The molecule has 0 aliphatic carbocycles. The first-order valence-corrected chi connectivity index (χ1v) is 15.9. The molecule has 0 aliphatic rings. The number of imidazole rings is 1. The molecule has 0 unspecified atom stereocenters. The van der Waals surface area contributed by atoms with E-state index in [9.17, 15) is 17.6 Å². The molecule has 0 spiro atoms. The van der Waals surface area contributed by atoms with Crippen LogP contribution in [0.1, 0.15) is 37.3 Å². The molecule has 0 atom stereocenters. The van der Waals surface area contributed by atoms with Crippen LogP contribution < -0.4 is 4.72 Å². The molecule has 0 amide bonds. The Hall–Kier alpha value is -4.88. The summed E-state index contributed by atoms with van der Waals surface area (Å²) in [5.74, 6) is 0.164. The second-order valence-electron chi connectivity index (χ2n) is 10.7. The molecule has 5 aromatic heterocycles. The maximum absolute atomic E-state index is 14.6. The molecule has 0 saturated carbocycles. The number of aromatic nitrogens is 7. The first-order valence-electron chi connectivity index (χ1n) is 14.1. The van der Waals surface area contributed by atoms with Crippen LogP contribution in [0.15, 0.2) is 61.3 Å². The number of Topliss-reactive ketones (excluding diaryl/α,β-unsaturated/α-hetero) is 1. The summed E-state index contributed by atoms with van der Waals surface area (Å²) >= 11 is 0. The number of fused-ring (bicyclic) bond motifs is 2. The van der Waals surface area contributed by atoms with Crippen LogP contribution in [0.25, 0.3) is 55.8 Å². The van der Waals surface area contributed by atoms with Crippen molar-refractivity contribution in [1.29, 1.82) is 0 Å². The van der Waals surface area contributed by atoms with E-state index in [1.807, 2.05) is 12.1 Å². The predicted octanol–water partition coefficient (Wildman–Crippen LogP) is 5.12. The number of hydrogen-bond acceptors (Lipinski definition) is 8. The molecule has 0 aliphatic heterocycles. The summed E-state index contributed by atoms with van der Waals surface area (Å²) in [6.07, 6.45) is 12.2. The van der Waals surface area contributed by atoms with Gasteiger partial charge in [0.25, 0.3) is 0 Å². The molecule has 5 heterocycles. The number of carbonyl (C=O) groups is 1. The van der Waals surface area contributed by atoms with Crippen LogP contribution in [-0.4, -0.2) is 55.6 Å². The van der Waals surface area contributed by atoms with Crippen LogP contribution in [0.5, 0.6) is 0 Å². The van der Waals surface area contributed by atoms with Crippen molar-refractivity contribution in [3.05, 3.63) is 78.3 Å². The monoisotopic (exact) mass is 612 g/mol. The quantitative estimate of drug-likeness (QED) is 0.182. The number of ketones is 1. The van der Waals surface area contributed by atoms with E-state index >= 15 is 0 Å². The van der Waals surface area contributed by atoms with E-state index in [2.05, 4.69) is 41.8 Å². The predicted molar refractivity (Wildman–Crippen MR) is 165 cm³/mol. The highest BCUT2D eigenvalue weighted by Gasteiger charge is 2.18. The zero-order chi connectivity index (χ0) is 30.8. The van der Waals surface area contributed by atoms with Crippen molar-refractivity contribution in [2.75, 3.05) is 6.26 Å². The molecule has 6 aromatic rings. The van der Waals surface area contributed by atoms with Gasteiger partial charge in [-0.2, -0.15) is 5.10 Å². The molecule has 11 nitrogen and oxygen atoms in total. The normalized spacial score (nSPS) is 11.9. The Kier molecular flexibility index (Phi) is 7.97. The number of nitrogens with zero attached hydrogens (tertiary/aromatic N) is 5. The number of aromatic amines is 2. The zero-order valence-corrected chi connectivity index (χ0v) is 24.9. The fourth-order valence-corrected chi connectivity index (χ4v) is 5.48. The van der Waals surface area contributed by atoms with Crippen LogP contribution in [0.2, 0.25) is 0 Å². The number of sulfonamides is 1. The Labute approximate surface area is 252 Å². The van der Waals surface area contributed by atoms with Crippen molar-refractivity contribution in [1.82, 2.24) is 39.8 Å². The van der Waals surface area contributed by atoms with Crippen molar-refractivity contribution >= 4 is 37.9 Å². The molecule has 44 heavy (non-hydrogen) atoms. The van der Waals surface area contributed by atoms with Gasteiger partial charge in [-0.25, -0.2) is 27.5 Å². The van der Waals surface area contributed by atoms with Gasteiger partial charge in [0.05, 0.1) is 28.9 Å². The molecule has 0 radical (unpaired) electrons. The highest BCUT2D eigenvalue weighted by molar-refractivity contribution is 7.88. The number of benzene rings is 1. The number of hydrogen-bond donors (Lipinski definition) is 3. The zero-order valence-electron chi connectivity index (χ0n) is 24.1. The minimum absolute atomic E-state index is 0.0537. The number of pyridine rings is 3. The number of nitrogens with one attached hydrogen (secondary N) is 3. The average Bonchev–Trinajstić information content (AvgIpc) is 3.62. The maximum atomic E-state index is 14.6. The number of unbranched alkanes of at least 4 members (excludes halogenated alkanes) is 1. The lowest BCUT2D eigenvalue weighted by Crippen LogP contribution is -2.21. The number of H-pyrrole nitrogens is 2. The largest absolute Gasteiger partial charge is 0.335 e. The fraction of sp³-hybridized carbons (Fsp3) is 0.226. The molecule has 13 heteroatoms. The third kappa shape index (κ3) is 6.38. The Morgan fingerprint density at radius 2 is 1.75 bits per heavy atom. The van der Waals surface area contributed by atoms with E-state index in [1.54, 1.807) is 37.1 Å². The average molecular weight is 613 g/mol. The van der Waals surface area contributed by atoms with Gasteiger partial charge in [-0.05, 0) is 53.4 Å². The first-order chi connectivity index (χ1) is 21.2. The molecule has 0 fully saturated rings. The smallest absolute Gasteiger partial charge is 0.209 e. The summed E-state index contributed by atoms with van der Waals surface area (Å²) in [7, 11) is -3.45. The van der Waals surface area contributed by atoms with Gasteiger partial charge in [0, 0.05) is 60.9 Å². The molecule has 3 N–H and O–H groups in total. The summed E-state index contributed by atoms with van der Waals surface area (Å²) in [5.41, 5.74) is 6.30. The van der Waals surface area contributed by atoms with Gasteiger partial charge in [-0.3, -0.25) is 19.9 Å². The Balaban J connectivity index is 1.35. The third-order valence-corrected chi connectivity index (χ3v) is 7.86. The third-order valence-electron chi connectivity index (χ3n) is 7.19. The van der Waals surface area contributed by atoms with Crippen molar-refractivity contribution in [2.24, 2.45) is 0 Å². The van der Waals surface area contributed by atoms with Crippen LogP contribution in [0.4, 0.5) is 4.39 Å². The number of carbonyl (C=O) groups excluding carboxylic acids is 1. The lowest BCUT2D eigenvalue weighted by molar-refractivity contribution is -0.118. The molecular formula is C31H29FN8O3S. The fourth-order valence-electron chi connectivity index (χ4n) is 5.06. The van der Waals surface area contributed by atoms with Gasteiger partial charge in [-0.1, -0.05) is 13.3 Å². The van der Waals surface area contributed by atoms with E-state index in [4.69, 9.17) is 4.98 Å². The highest BCUT2D eigenvalue weighted by atomic mass is 32.2. The molecular weight excluding hydrogens is 583 g/mol. The van der Waals surface area contributed by atoms with Gasteiger partial charge in [-0.15, -0.1) is 0 Å². The minimum Gasteiger partial charge on any atom is -0.335 e. The van der Waals surface area contributed by atoms with Gasteiger partial charge in [0.15, 0.2) is 11.5 Å². The van der Waals surface area contributed by atoms with Crippen molar-refractivity contribution in [3.63, 3.8) is 0 Å². The van der Waals surface area contributed by atoms with Crippen LogP contribution in [0, 0.1) is 5.82 Å². The molecule has 0 saturated heterocycles. The summed E-state index contributed by atoms with van der Waals surface area (Å²) in [6, 6.07) is 8.24. The summed E-state index contributed by atoms with van der Waals surface area (Å²) < 4.78 is 40.1. The topological polar surface area (TPSA) is 159 Å². The van der Waals surface area contributed by atoms with Crippen molar-refractivity contribution in [3.8, 4) is 33.8 Å². The summed E-state index contributed by atoms with van der Waals surface area (Å²) in [6.45, 7) is 2.01. The molecule has 1 aromatic carbocycles. The highest BCUT2D eigenvalue weighted by Crippen LogP contribution is 2.33. The number of halogens is 1. The lowest BCUT2D eigenvalue weighted by Gasteiger charge is -2.07. The Bertz CT molecular complexity index is 2120. The SMILES string of the molecule is CCCCC(=O)Cc1cncc(-c2cnc3n[nH]c(-c4nc5c(-c6cc(F)cc(CNS(C)(=O)=O)c6)cncc5[nH]4)c3c2)c1. The Morgan fingerprint density at radius 3 is 2.57 bits per heavy atom. The van der Waals surface area contributed by atoms with Gasteiger partial charge < -0.3 is 4.98 Å². The lowest BCUT2D eigenvalue weighted by atomic mass is 10.0.